The summed E-state index contributed by atoms with van der Waals surface area (Å²) in [7, 11) is -0.340. The third-order valence-electron chi connectivity index (χ3n) is 6.23. The van der Waals surface area contributed by atoms with Gasteiger partial charge in [-0.15, -0.1) is 0 Å². The van der Waals surface area contributed by atoms with Crippen molar-refractivity contribution in [2.24, 2.45) is 5.92 Å². The number of benzene rings is 2. The van der Waals surface area contributed by atoms with Crippen molar-refractivity contribution >= 4 is 21.1 Å². The van der Waals surface area contributed by atoms with E-state index in [1.807, 2.05) is 6.20 Å². The van der Waals surface area contributed by atoms with Gasteiger partial charge in [-0.25, -0.2) is 9.07 Å². The van der Waals surface area contributed by atoms with E-state index in [1.54, 1.807) is 35.2 Å². The summed E-state index contributed by atoms with van der Waals surface area (Å²) >= 11 is 0. The molecule has 0 amide bonds. The molecule has 1 aliphatic heterocycles. The maximum Gasteiger partial charge on any atom is 0.281 e. The van der Waals surface area contributed by atoms with Gasteiger partial charge < -0.3 is 0 Å². The molecule has 2 heterocycles. The van der Waals surface area contributed by atoms with Gasteiger partial charge in [-0.1, -0.05) is 13.8 Å². The molecule has 4 rings (SSSR count). The fourth-order valence-electron chi connectivity index (χ4n) is 4.56. The topological polar surface area (TPSA) is 61.7 Å². The lowest BCUT2D eigenvalue weighted by atomic mass is 9.96. The minimum atomic E-state index is -3.49. The van der Waals surface area contributed by atoms with Crippen LogP contribution in [-0.4, -0.2) is 72.0 Å². The van der Waals surface area contributed by atoms with E-state index in [0.29, 0.717) is 25.6 Å². The average molecular weight is 474 g/mol. The highest BCUT2D eigenvalue weighted by molar-refractivity contribution is 7.86. The lowest BCUT2D eigenvalue weighted by molar-refractivity contribution is 0.102. The van der Waals surface area contributed by atoms with Gasteiger partial charge in [-0.2, -0.15) is 22.1 Å². The zero-order valence-corrected chi connectivity index (χ0v) is 20.7. The van der Waals surface area contributed by atoms with Gasteiger partial charge in [0.25, 0.3) is 10.2 Å². The smallest absolute Gasteiger partial charge is 0.281 e. The van der Waals surface area contributed by atoms with Gasteiger partial charge in [0, 0.05) is 51.7 Å². The average Bonchev–Trinajstić information content (AvgIpc) is 3.16. The van der Waals surface area contributed by atoms with E-state index in [9.17, 15) is 12.8 Å². The van der Waals surface area contributed by atoms with Crippen LogP contribution >= 0.6 is 0 Å². The fraction of sp³-hybridized carbons (Fsp3) is 0.458. The highest BCUT2D eigenvalue weighted by Gasteiger charge is 2.36. The van der Waals surface area contributed by atoms with Gasteiger partial charge in [-0.3, -0.25) is 4.90 Å². The Morgan fingerprint density at radius 2 is 1.85 bits per heavy atom. The summed E-state index contributed by atoms with van der Waals surface area (Å²) in [6.45, 7) is 8.89. The maximum absolute atomic E-state index is 13.4. The van der Waals surface area contributed by atoms with Crippen LogP contribution in [0.4, 0.5) is 4.39 Å². The summed E-state index contributed by atoms with van der Waals surface area (Å²) in [6.07, 6.45) is 1.81. The fourth-order valence-corrected chi connectivity index (χ4v) is 5.67. The van der Waals surface area contributed by atoms with Crippen LogP contribution in [-0.2, 0) is 10.2 Å². The predicted octanol–water partition coefficient (Wildman–Crippen LogP) is 3.59. The molecule has 0 unspecified atom stereocenters. The van der Waals surface area contributed by atoms with Crippen molar-refractivity contribution in [3.63, 3.8) is 0 Å². The second-order valence-electron chi connectivity index (χ2n) is 9.35. The molecule has 1 saturated heterocycles. The van der Waals surface area contributed by atoms with Gasteiger partial charge in [0.1, 0.15) is 5.82 Å². The van der Waals surface area contributed by atoms with Gasteiger partial charge in [0.2, 0.25) is 0 Å². The molecule has 33 heavy (non-hydrogen) atoms. The molecule has 2 aromatic carbocycles. The van der Waals surface area contributed by atoms with Crippen LogP contribution in [0.25, 0.3) is 16.6 Å². The summed E-state index contributed by atoms with van der Waals surface area (Å²) in [5, 5.41) is 5.50. The highest BCUT2D eigenvalue weighted by atomic mass is 32.2. The first-order chi connectivity index (χ1) is 15.6. The van der Waals surface area contributed by atoms with E-state index < -0.39 is 10.2 Å². The number of hydrogen-bond donors (Lipinski definition) is 0. The Morgan fingerprint density at radius 3 is 2.48 bits per heavy atom. The molecule has 178 valence electrons. The monoisotopic (exact) mass is 473 g/mol. The standard InChI is InChI=1S/C24H32FN5O2S/c1-17(2)15-28-10-11-29(33(31,32)27(4)5)16-24(28)22-13-19-14-26-30(23(19)12-18(22)3)21-8-6-20(25)7-9-21/h6-9,12-14,17,24H,10-11,15-16H2,1-5H3/t24-/m0/s1. The number of hydrogen-bond acceptors (Lipinski definition) is 4. The van der Waals surface area contributed by atoms with E-state index in [2.05, 4.69) is 42.9 Å². The van der Waals surface area contributed by atoms with Crippen LogP contribution in [0, 0.1) is 18.7 Å². The third kappa shape index (κ3) is 4.68. The first-order valence-electron chi connectivity index (χ1n) is 11.2. The molecule has 1 aromatic heterocycles. The molecule has 0 N–H and O–H groups in total. The zero-order valence-electron chi connectivity index (χ0n) is 19.9. The Labute approximate surface area is 195 Å². The van der Waals surface area contributed by atoms with E-state index >= 15 is 0 Å². The third-order valence-corrected chi connectivity index (χ3v) is 8.13. The number of aryl methyl sites for hydroxylation is 1. The molecule has 0 radical (unpaired) electrons. The first kappa shape index (κ1) is 23.8. The van der Waals surface area contributed by atoms with Crippen molar-refractivity contribution in [2.45, 2.75) is 26.8 Å². The van der Waals surface area contributed by atoms with E-state index in [4.69, 9.17) is 0 Å². The van der Waals surface area contributed by atoms with E-state index in [-0.39, 0.29) is 11.9 Å². The molecular weight excluding hydrogens is 441 g/mol. The van der Waals surface area contributed by atoms with E-state index in [1.165, 1.54) is 16.4 Å². The molecule has 1 aliphatic rings. The number of aromatic nitrogens is 2. The van der Waals surface area contributed by atoms with Gasteiger partial charge in [0.05, 0.1) is 17.4 Å². The van der Waals surface area contributed by atoms with Crippen LogP contribution in [0.3, 0.4) is 0 Å². The van der Waals surface area contributed by atoms with Gasteiger partial charge in [0.15, 0.2) is 0 Å². The molecule has 0 spiro atoms. The van der Waals surface area contributed by atoms with Crippen LogP contribution in [0.2, 0.25) is 0 Å². The normalized spacial score (nSPS) is 18.6. The van der Waals surface area contributed by atoms with Gasteiger partial charge in [-0.05, 0) is 60.4 Å². The van der Waals surface area contributed by atoms with Crippen molar-refractivity contribution < 1.29 is 12.8 Å². The number of piperazine rings is 1. The summed E-state index contributed by atoms with van der Waals surface area (Å²) in [5.41, 5.74) is 3.92. The number of nitrogens with zero attached hydrogens (tertiary/aromatic N) is 5. The zero-order chi connectivity index (χ0) is 23.9. The maximum atomic E-state index is 13.4. The molecule has 1 atom stereocenters. The van der Waals surface area contributed by atoms with E-state index in [0.717, 1.165) is 34.3 Å². The van der Waals surface area contributed by atoms with Crippen molar-refractivity contribution in [2.75, 3.05) is 40.3 Å². The molecule has 7 nitrogen and oxygen atoms in total. The first-order valence-corrected chi connectivity index (χ1v) is 12.6. The molecule has 1 fully saturated rings. The van der Waals surface area contributed by atoms with Crippen LogP contribution in [0.1, 0.15) is 31.0 Å². The summed E-state index contributed by atoms with van der Waals surface area (Å²) < 4.78 is 43.8. The van der Waals surface area contributed by atoms with Gasteiger partial charge >= 0.3 is 0 Å². The number of rotatable bonds is 6. The Kier molecular flexibility index (Phi) is 6.59. The minimum Gasteiger partial charge on any atom is -0.293 e. The van der Waals surface area contributed by atoms with Crippen LogP contribution in [0.5, 0.6) is 0 Å². The second-order valence-corrected chi connectivity index (χ2v) is 11.5. The lowest BCUT2D eigenvalue weighted by Crippen LogP contribution is -2.53. The summed E-state index contributed by atoms with van der Waals surface area (Å²) in [4.78, 5) is 2.39. The second kappa shape index (κ2) is 9.13. The Hall–Kier alpha value is -2.33. The molecule has 0 aliphatic carbocycles. The van der Waals surface area contributed by atoms with Crippen LogP contribution < -0.4 is 0 Å². The molecule has 0 saturated carbocycles. The highest BCUT2D eigenvalue weighted by Crippen LogP contribution is 2.33. The SMILES string of the molecule is Cc1cc2c(cnn2-c2ccc(F)cc2)cc1[C@@H]1CN(S(=O)(=O)N(C)C)CCN1CC(C)C. The number of fused-ring (bicyclic) bond motifs is 1. The van der Waals surface area contributed by atoms with Crippen molar-refractivity contribution in [1.82, 2.24) is 23.3 Å². The Bertz CT molecular complexity index is 1240. The molecule has 3 aromatic rings. The predicted molar refractivity (Wildman–Crippen MR) is 129 cm³/mol. The summed E-state index contributed by atoms with van der Waals surface area (Å²) in [5.74, 6) is 0.184. The van der Waals surface area contributed by atoms with Crippen molar-refractivity contribution in [3.05, 3.63) is 59.5 Å². The number of halogens is 1. The minimum absolute atomic E-state index is 0.0468. The van der Waals surface area contributed by atoms with Crippen LogP contribution in [0.15, 0.2) is 42.6 Å². The molecule has 9 heteroatoms. The lowest BCUT2D eigenvalue weighted by Gasteiger charge is -2.42. The van der Waals surface area contributed by atoms with Crippen molar-refractivity contribution in [1.29, 1.82) is 0 Å². The molecule has 0 bridgehead atoms. The largest absolute Gasteiger partial charge is 0.293 e. The Balaban J connectivity index is 1.75. The quantitative estimate of drug-likeness (QED) is 0.549. The summed E-state index contributed by atoms with van der Waals surface area (Å²) in [6, 6.07) is 10.4. The Morgan fingerprint density at radius 1 is 1.15 bits per heavy atom. The van der Waals surface area contributed by atoms with Crippen molar-refractivity contribution in [3.8, 4) is 5.69 Å². The molecular formula is C24H32FN5O2S.